The van der Waals surface area contributed by atoms with Crippen molar-refractivity contribution in [3.8, 4) is 11.5 Å². The van der Waals surface area contributed by atoms with Crippen LogP contribution in [0.25, 0.3) is 0 Å². The molecule has 18 heavy (non-hydrogen) atoms. The van der Waals surface area contributed by atoms with Crippen molar-refractivity contribution in [2.75, 3.05) is 5.32 Å². The number of halogens is 1. The highest BCUT2D eigenvalue weighted by molar-refractivity contribution is 9.10. The van der Waals surface area contributed by atoms with Crippen molar-refractivity contribution >= 4 is 27.7 Å². The van der Waals surface area contributed by atoms with E-state index in [1.54, 1.807) is 12.1 Å². The summed E-state index contributed by atoms with van der Waals surface area (Å²) in [6, 6.07) is 7.40. The average Bonchev–Trinajstić information content (AvgIpc) is 2.32. The molecule has 2 aromatic rings. The number of phenols is 2. The van der Waals surface area contributed by atoms with Crippen molar-refractivity contribution in [3.05, 3.63) is 46.6 Å². The molecule has 0 fully saturated rings. The number of hydrogen-bond acceptors (Lipinski definition) is 4. The SMILES string of the molecule is O=C(Nc1ccc(Br)cn1)c1c(O)cccc1O. The summed E-state index contributed by atoms with van der Waals surface area (Å²) in [5.74, 6) is -0.875. The van der Waals surface area contributed by atoms with Gasteiger partial charge in [0, 0.05) is 10.7 Å². The number of nitrogens with one attached hydrogen (secondary N) is 1. The van der Waals surface area contributed by atoms with Crippen LogP contribution in [0.4, 0.5) is 5.82 Å². The Balaban J connectivity index is 2.25. The van der Waals surface area contributed by atoms with Gasteiger partial charge in [-0.15, -0.1) is 0 Å². The lowest BCUT2D eigenvalue weighted by Gasteiger charge is -2.07. The molecule has 0 radical (unpaired) electrons. The number of aromatic hydroxyl groups is 2. The molecule has 0 saturated heterocycles. The minimum atomic E-state index is -0.625. The standard InChI is InChI=1S/C12H9BrN2O3/c13-7-4-5-10(14-6-7)15-12(18)11-8(16)2-1-3-9(11)17/h1-6,16-17H,(H,14,15,18). The Morgan fingerprint density at radius 3 is 2.39 bits per heavy atom. The fourth-order valence-electron chi connectivity index (χ4n) is 1.39. The van der Waals surface area contributed by atoms with Crippen molar-refractivity contribution < 1.29 is 15.0 Å². The summed E-state index contributed by atoms with van der Waals surface area (Å²) in [6.07, 6.45) is 1.53. The Morgan fingerprint density at radius 1 is 1.17 bits per heavy atom. The molecule has 5 nitrogen and oxygen atoms in total. The van der Waals surface area contributed by atoms with E-state index < -0.39 is 5.91 Å². The third-order valence-electron chi connectivity index (χ3n) is 2.22. The number of phenolic OH excluding ortho intramolecular Hbond substituents is 2. The topological polar surface area (TPSA) is 82.5 Å². The van der Waals surface area contributed by atoms with Crippen LogP contribution in [0, 0.1) is 0 Å². The minimum Gasteiger partial charge on any atom is -0.507 e. The molecule has 1 aromatic carbocycles. The number of benzene rings is 1. The zero-order chi connectivity index (χ0) is 13.1. The first-order valence-electron chi connectivity index (χ1n) is 5.02. The maximum atomic E-state index is 11.9. The lowest BCUT2D eigenvalue weighted by Crippen LogP contribution is -2.13. The van der Waals surface area contributed by atoms with E-state index in [9.17, 15) is 15.0 Å². The molecule has 92 valence electrons. The van der Waals surface area contributed by atoms with Gasteiger partial charge in [-0.05, 0) is 40.2 Å². The van der Waals surface area contributed by atoms with Crippen LogP contribution in [0.5, 0.6) is 11.5 Å². The largest absolute Gasteiger partial charge is 0.507 e. The highest BCUT2D eigenvalue weighted by atomic mass is 79.9. The van der Waals surface area contributed by atoms with Gasteiger partial charge >= 0.3 is 0 Å². The fourth-order valence-corrected chi connectivity index (χ4v) is 1.62. The van der Waals surface area contributed by atoms with E-state index >= 15 is 0 Å². The Morgan fingerprint density at radius 2 is 1.83 bits per heavy atom. The van der Waals surface area contributed by atoms with Crippen molar-refractivity contribution in [1.82, 2.24) is 4.98 Å². The molecule has 6 heteroatoms. The maximum absolute atomic E-state index is 11.9. The van der Waals surface area contributed by atoms with Crippen LogP contribution < -0.4 is 5.32 Å². The molecule has 0 atom stereocenters. The normalized spacial score (nSPS) is 10.1. The number of amides is 1. The Bertz CT molecular complexity index is 564. The Kier molecular flexibility index (Phi) is 3.47. The lowest BCUT2D eigenvalue weighted by atomic mass is 10.1. The van der Waals surface area contributed by atoms with Gasteiger partial charge in [-0.1, -0.05) is 6.07 Å². The summed E-state index contributed by atoms with van der Waals surface area (Å²) < 4.78 is 0.783. The van der Waals surface area contributed by atoms with Crippen molar-refractivity contribution in [2.24, 2.45) is 0 Å². The molecule has 0 unspecified atom stereocenters. The molecule has 0 aliphatic heterocycles. The fraction of sp³-hybridized carbons (Fsp3) is 0. The van der Waals surface area contributed by atoms with E-state index in [1.807, 2.05) is 0 Å². The third kappa shape index (κ3) is 2.60. The summed E-state index contributed by atoms with van der Waals surface area (Å²) in [5.41, 5.74) is -0.179. The number of rotatable bonds is 2. The first-order valence-corrected chi connectivity index (χ1v) is 5.81. The summed E-state index contributed by atoms with van der Waals surface area (Å²) in [7, 11) is 0. The van der Waals surface area contributed by atoms with Crippen LogP contribution in [0.15, 0.2) is 41.0 Å². The molecule has 1 heterocycles. The number of pyridine rings is 1. The molecule has 1 amide bonds. The molecule has 0 aliphatic rings. The van der Waals surface area contributed by atoms with Crippen LogP contribution in [0.1, 0.15) is 10.4 Å². The summed E-state index contributed by atoms with van der Waals surface area (Å²) in [6.45, 7) is 0. The maximum Gasteiger partial charge on any atom is 0.264 e. The van der Waals surface area contributed by atoms with Gasteiger partial charge in [0.1, 0.15) is 22.9 Å². The van der Waals surface area contributed by atoms with Gasteiger partial charge in [-0.25, -0.2) is 4.98 Å². The highest BCUT2D eigenvalue weighted by Crippen LogP contribution is 2.26. The Hall–Kier alpha value is -2.08. The molecule has 0 bridgehead atoms. The average molecular weight is 309 g/mol. The van der Waals surface area contributed by atoms with Crippen molar-refractivity contribution in [2.45, 2.75) is 0 Å². The van der Waals surface area contributed by atoms with Crippen LogP contribution in [-0.4, -0.2) is 21.1 Å². The Labute approximate surface area is 111 Å². The molecular formula is C12H9BrN2O3. The van der Waals surface area contributed by atoms with Crippen LogP contribution in [0.2, 0.25) is 0 Å². The summed E-state index contributed by atoms with van der Waals surface area (Å²) >= 11 is 3.22. The zero-order valence-electron chi connectivity index (χ0n) is 9.09. The van der Waals surface area contributed by atoms with E-state index in [1.165, 1.54) is 24.4 Å². The molecule has 0 saturated carbocycles. The van der Waals surface area contributed by atoms with Gasteiger partial charge in [0.05, 0.1) is 0 Å². The summed E-state index contributed by atoms with van der Waals surface area (Å²) in [4.78, 5) is 15.8. The monoisotopic (exact) mass is 308 g/mol. The second-order valence-electron chi connectivity index (χ2n) is 3.49. The predicted octanol–water partition coefficient (Wildman–Crippen LogP) is 2.51. The second kappa shape index (κ2) is 5.05. The first-order chi connectivity index (χ1) is 8.58. The minimum absolute atomic E-state index is 0.179. The van der Waals surface area contributed by atoms with Gasteiger partial charge in [-0.2, -0.15) is 0 Å². The number of carbonyl (C=O) groups excluding carboxylic acids is 1. The first kappa shape index (κ1) is 12.4. The third-order valence-corrected chi connectivity index (χ3v) is 2.69. The van der Waals surface area contributed by atoms with E-state index in [0.717, 1.165) is 4.47 Å². The molecular weight excluding hydrogens is 300 g/mol. The molecule has 2 rings (SSSR count). The van der Waals surface area contributed by atoms with E-state index in [4.69, 9.17) is 0 Å². The molecule has 0 aliphatic carbocycles. The number of anilines is 1. The van der Waals surface area contributed by atoms with Crippen molar-refractivity contribution in [3.63, 3.8) is 0 Å². The van der Waals surface area contributed by atoms with Crippen LogP contribution >= 0.6 is 15.9 Å². The van der Waals surface area contributed by atoms with Crippen molar-refractivity contribution in [1.29, 1.82) is 0 Å². The van der Waals surface area contributed by atoms with Gasteiger partial charge in [0.25, 0.3) is 5.91 Å². The predicted molar refractivity (Wildman–Crippen MR) is 69.7 cm³/mol. The van der Waals surface area contributed by atoms with Gasteiger partial charge < -0.3 is 15.5 Å². The van der Waals surface area contributed by atoms with Gasteiger partial charge in [0.2, 0.25) is 0 Å². The van der Waals surface area contributed by atoms with Crippen LogP contribution in [0.3, 0.4) is 0 Å². The van der Waals surface area contributed by atoms with E-state index in [2.05, 4.69) is 26.2 Å². The molecule has 1 aromatic heterocycles. The number of aromatic nitrogens is 1. The summed E-state index contributed by atoms with van der Waals surface area (Å²) in [5, 5.41) is 21.5. The quantitative estimate of drug-likeness (QED) is 0.796. The number of nitrogens with zero attached hydrogens (tertiary/aromatic N) is 1. The number of hydrogen-bond donors (Lipinski definition) is 3. The number of carbonyl (C=O) groups is 1. The van der Waals surface area contributed by atoms with E-state index in [0.29, 0.717) is 5.82 Å². The smallest absolute Gasteiger partial charge is 0.264 e. The highest BCUT2D eigenvalue weighted by Gasteiger charge is 2.16. The van der Waals surface area contributed by atoms with E-state index in [-0.39, 0.29) is 17.1 Å². The van der Waals surface area contributed by atoms with Crippen LogP contribution in [-0.2, 0) is 0 Å². The zero-order valence-corrected chi connectivity index (χ0v) is 10.7. The lowest BCUT2D eigenvalue weighted by molar-refractivity contribution is 0.102. The second-order valence-corrected chi connectivity index (χ2v) is 4.40. The molecule has 3 N–H and O–H groups in total. The molecule has 0 spiro atoms. The van der Waals surface area contributed by atoms with Gasteiger partial charge in [0.15, 0.2) is 0 Å². The van der Waals surface area contributed by atoms with Gasteiger partial charge in [-0.3, -0.25) is 4.79 Å².